The van der Waals surface area contributed by atoms with E-state index in [1.54, 1.807) is 13.2 Å². The van der Waals surface area contributed by atoms with Crippen molar-refractivity contribution in [3.05, 3.63) is 60.7 Å². The average molecular weight is 226 g/mol. The normalized spacial score (nSPS) is 9.71. The summed E-state index contributed by atoms with van der Waals surface area (Å²) in [4.78, 5) is 0. The SMILES string of the molecule is C=Cc1cccc(Oc2ccccc2)c1OC. The summed E-state index contributed by atoms with van der Waals surface area (Å²) in [7, 11) is 1.63. The number of benzene rings is 2. The molecule has 0 aliphatic carbocycles. The average Bonchev–Trinajstić information content (AvgIpc) is 2.39. The Kier molecular flexibility index (Phi) is 3.46. The quantitative estimate of drug-likeness (QED) is 0.780. The zero-order valence-corrected chi connectivity index (χ0v) is 9.72. The third-order valence-electron chi connectivity index (χ3n) is 2.40. The molecule has 0 aliphatic rings. The van der Waals surface area contributed by atoms with Crippen LogP contribution in [-0.4, -0.2) is 7.11 Å². The van der Waals surface area contributed by atoms with Gasteiger partial charge in [-0.25, -0.2) is 0 Å². The van der Waals surface area contributed by atoms with Gasteiger partial charge in [-0.15, -0.1) is 0 Å². The van der Waals surface area contributed by atoms with Crippen LogP contribution in [0.3, 0.4) is 0 Å². The molecule has 2 nitrogen and oxygen atoms in total. The van der Waals surface area contributed by atoms with E-state index in [4.69, 9.17) is 9.47 Å². The molecule has 0 unspecified atom stereocenters. The molecule has 2 rings (SSSR count). The van der Waals surface area contributed by atoms with Crippen LogP contribution in [0.15, 0.2) is 55.1 Å². The van der Waals surface area contributed by atoms with Crippen molar-refractivity contribution in [3.8, 4) is 17.2 Å². The Balaban J connectivity index is 2.36. The lowest BCUT2D eigenvalue weighted by molar-refractivity contribution is 0.378. The van der Waals surface area contributed by atoms with E-state index in [1.165, 1.54) is 0 Å². The fraction of sp³-hybridized carbons (Fsp3) is 0.0667. The van der Waals surface area contributed by atoms with Gasteiger partial charge in [0, 0.05) is 5.56 Å². The minimum atomic E-state index is 0.691. The van der Waals surface area contributed by atoms with Crippen molar-refractivity contribution in [1.82, 2.24) is 0 Å². The molecule has 0 radical (unpaired) electrons. The van der Waals surface area contributed by atoms with Crippen molar-refractivity contribution in [2.75, 3.05) is 7.11 Å². The number of hydrogen-bond donors (Lipinski definition) is 0. The molecule has 0 spiro atoms. The third-order valence-corrected chi connectivity index (χ3v) is 2.40. The minimum absolute atomic E-state index is 0.691. The van der Waals surface area contributed by atoms with Gasteiger partial charge in [0.2, 0.25) is 0 Å². The second-order valence-corrected chi connectivity index (χ2v) is 3.50. The third kappa shape index (κ3) is 2.48. The number of ether oxygens (including phenoxy) is 2. The predicted octanol–water partition coefficient (Wildman–Crippen LogP) is 4.13. The predicted molar refractivity (Wildman–Crippen MR) is 69.6 cm³/mol. The summed E-state index contributed by atoms with van der Waals surface area (Å²) < 4.78 is 11.1. The molecule has 17 heavy (non-hydrogen) atoms. The summed E-state index contributed by atoms with van der Waals surface area (Å²) in [5, 5.41) is 0. The molecule has 0 N–H and O–H groups in total. The zero-order valence-electron chi connectivity index (χ0n) is 9.72. The highest BCUT2D eigenvalue weighted by atomic mass is 16.5. The van der Waals surface area contributed by atoms with Crippen LogP contribution < -0.4 is 9.47 Å². The van der Waals surface area contributed by atoms with Gasteiger partial charge in [-0.3, -0.25) is 0 Å². The molecule has 2 aromatic rings. The Bertz CT molecular complexity index is 504. The smallest absolute Gasteiger partial charge is 0.169 e. The first kappa shape index (κ1) is 11.3. The minimum Gasteiger partial charge on any atom is -0.492 e. The molecule has 0 saturated carbocycles. The van der Waals surface area contributed by atoms with Gasteiger partial charge in [0.25, 0.3) is 0 Å². The van der Waals surface area contributed by atoms with E-state index in [9.17, 15) is 0 Å². The van der Waals surface area contributed by atoms with E-state index in [2.05, 4.69) is 6.58 Å². The maximum absolute atomic E-state index is 5.77. The monoisotopic (exact) mass is 226 g/mol. The van der Waals surface area contributed by atoms with Crippen LogP contribution >= 0.6 is 0 Å². The van der Waals surface area contributed by atoms with E-state index in [-0.39, 0.29) is 0 Å². The van der Waals surface area contributed by atoms with E-state index >= 15 is 0 Å². The van der Waals surface area contributed by atoms with E-state index in [1.807, 2.05) is 48.5 Å². The molecular weight excluding hydrogens is 212 g/mol. The summed E-state index contributed by atoms with van der Waals surface area (Å²) >= 11 is 0. The number of para-hydroxylation sites is 2. The lowest BCUT2D eigenvalue weighted by atomic mass is 10.2. The Morgan fingerprint density at radius 2 is 1.76 bits per heavy atom. The van der Waals surface area contributed by atoms with Gasteiger partial charge in [-0.1, -0.05) is 43.0 Å². The van der Waals surface area contributed by atoms with Gasteiger partial charge < -0.3 is 9.47 Å². The summed E-state index contributed by atoms with van der Waals surface area (Å²) in [5.74, 6) is 2.18. The molecule has 2 aromatic carbocycles. The zero-order chi connectivity index (χ0) is 12.1. The van der Waals surface area contributed by atoms with Crippen molar-refractivity contribution in [2.45, 2.75) is 0 Å². The van der Waals surface area contributed by atoms with Gasteiger partial charge in [-0.05, 0) is 18.2 Å². The number of hydrogen-bond acceptors (Lipinski definition) is 2. The molecule has 0 amide bonds. The van der Waals surface area contributed by atoms with Crippen LogP contribution in [0.1, 0.15) is 5.56 Å². The largest absolute Gasteiger partial charge is 0.492 e. The first-order valence-electron chi connectivity index (χ1n) is 5.37. The topological polar surface area (TPSA) is 18.5 Å². The van der Waals surface area contributed by atoms with Crippen molar-refractivity contribution < 1.29 is 9.47 Å². The van der Waals surface area contributed by atoms with E-state index in [0.717, 1.165) is 11.3 Å². The molecule has 0 fully saturated rings. The molecule has 86 valence electrons. The van der Waals surface area contributed by atoms with Crippen LogP contribution in [-0.2, 0) is 0 Å². The second-order valence-electron chi connectivity index (χ2n) is 3.50. The van der Waals surface area contributed by atoms with Crippen molar-refractivity contribution >= 4 is 6.08 Å². The summed E-state index contributed by atoms with van der Waals surface area (Å²) in [5.41, 5.74) is 0.918. The fourth-order valence-electron chi connectivity index (χ4n) is 1.61. The van der Waals surface area contributed by atoms with Crippen LogP contribution in [0.4, 0.5) is 0 Å². The maximum Gasteiger partial charge on any atom is 0.169 e. The summed E-state index contributed by atoms with van der Waals surface area (Å²) in [6, 6.07) is 15.3. The van der Waals surface area contributed by atoms with Crippen molar-refractivity contribution in [3.63, 3.8) is 0 Å². The molecule has 0 aliphatic heterocycles. The van der Waals surface area contributed by atoms with E-state index < -0.39 is 0 Å². The van der Waals surface area contributed by atoms with Crippen molar-refractivity contribution in [1.29, 1.82) is 0 Å². The molecule has 0 aromatic heterocycles. The highest BCUT2D eigenvalue weighted by molar-refractivity contribution is 5.61. The molecular formula is C15H14O2. The molecule has 0 heterocycles. The second kappa shape index (κ2) is 5.21. The summed E-state index contributed by atoms with van der Waals surface area (Å²) in [6.07, 6.45) is 1.75. The number of methoxy groups -OCH3 is 1. The highest BCUT2D eigenvalue weighted by Gasteiger charge is 2.08. The van der Waals surface area contributed by atoms with Crippen LogP contribution in [0, 0.1) is 0 Å². The Hall–Kier alpha value is -2.22. The molecule has 0 atom stereocenters. The number of rotatable bonds is 4. The van der Waals surface area contributed by atoms with Gasteiger partial charge >= 0.3 is 0 Å². The molecule has 0 saturated heterocycles. The Labute approximate surface area is 101 Å². The van der Waals surface area contributed by atoms with Gasteiger partial charge in [-0.2, -0.15) is 0 Å². The molecule has 2 heteroatoms. The van der Waals surface area contributed by atoms with Gasteiger partial charge in [0.15, 0.2) is 11.5 Å². The standard InChI is InChI=1S/C15H14O2/c1-3-12-8-7-11-14(15(12)16-2)17-13-9-5-4-6-10-13/h3-11H,1H2,2H3. The van der Waals surface area contributed by atoms with Gasteiger partial charge in [0.05, 0.1) is 7.11 Å². The first-order valence-corrected chi connectivity index (χ1v) is 5.37. The lowest BCUT2D eigenvalue weighted by Crippen LogP contribution is -1.92. The maximum atomic E-state index is 5.77. The fourth-order valence-corrected chi connectivity index (χ4v) is 1.61. The van der Waals surface area contributed by atoms with Crippen LogP contribution in [0.2, 0.25) is 0 Å². The first-order chi connectivity index (χ1) is 8.35. The van der Waals surface area contributed by atoms with Gasteiger partial charge in [0.1, 0.15) is 5.75 Å². The Morgan fingerprint density at radius 1 is 1.00 bits per heavy atom. The van der Waals surface area contributed by atoms with Crippen LogP contribution in [0.25, 0.3) is 6.08 Å². The lowest BCUT2D eigenvalue weighted by Gasteiger charge is -2.12. The van der Waals surface area contributed by atoms with Crippen LogP contribution in [0.5, 0.6) is 17.2 Å². The summed E-state index contributed by atoms with van der Waals surface area (Å²) in [6.45, 7) is 3.75. The Morgan fingerprint density at radius 3 is 2.41 bits per heavy atom. The molecule has 0 bridgehead atoms. The highest BCUT2D eigenvalue weighted by Crippen LogP contribution is 2.34. The van der Waals surface area contributed by atoms with E-state index in [0.29, 0.717) is 11.5 Å². The van der Waals surface area contributed by atoms with Crippen molar-refractivity contribution in [2.24, 2.45) is 0 Å².